The number of hydrogen-bond acceptors (Lipinski definition) is 4. The Labute approximate surface area is 139 Å². The van der Waals surface area contributed by atoms with Crippen molar-refractivity contribution in [3.63, 3.8) is 0 Å². The molecule has 18 heavy (non-hydrogen) atoms. The molecule has 2 aliphatic rings. The molecule has 0 bridgehead atoms. The summed E-state index contributed by atoms with van der Waals surface area (Å²) in [6.45, 7) is 4.02. The zero-order valence-corrected chi connectivity index (χ0v) is 14.2. The van der Waals surface area contributed by atoms with Crippen molar-refractivity contribution in [1.29, 1.82) is 0 Å². The van der Waals surface area contributed by atoms with Crippen LogP contribution in [0.2, 0.25) is 0 Å². The number of carbonyl (C=O) groups excluding carboxylic acids is 2. The van der Waals surface area contributed by atoms with E-state index in [9.17, 15) is 9.59 Å². The van der Waals surface area contributed by atoms with Crippen LogP contribution in [0.5, 0.6) is 0 Å². The monoisotopic (exact) mass is 403 g/mol. The molecule has 0 aromatic heterocycles. The van der Waals surface area contributed by atoms with Gasteiger partial charge in [-0.1, -0.05) is 0 Å². The van der Waals surface area contributed by atoms with Gasteiger partial charge in [-0.2, -0.15) is 0 Å². The third-order valence-corrected chi connectivity index (χ3v) is 3.02. The number of amides is 2. The van der Waals surface area contributed by atoms with E-state index in [1.807, 2.05) is 0 Å². The number of imide groups is 1. The zero-order chi connectivity index (χ0) is 11.3. The second-order valence-electron chi connectivity index (χ2n) is 3.48. The maximum Gasteiger partial charge on any atom is 2.00 e. The first-order valence-corrected chi connectivity index (χ1v) is 5.60. The molecule has 2 heterocycles. The van der Waals surface area contributed by atoms with Crippen molar-refractivity contribution >= 4 is 28.0 Å². The molecule has 1 radical (unpaired) electrons. The van der Waals surface area contributed by atoms with Crippen LogP contribution in [0.3, 0.4) is 0 Å². The second kappa shape index (κ2) is 12.7. The maximum atomic E-state index is 10.4. The quantitative estimate of drug-likeness (QED) is 0.229. The minimum Gasteiger partial charge on any atom is -1.00 e. The smallest absolute Gasteiger partial charge is 1.00 e. The van der Waals surface area contributed by atoms with Gasteiger partial charge in [-0.15, -0.1) is 0 Å². The van der Waals surface area contributed by atoms with Gasteiger partial charge in [0, 0.05) is 25.9 Å². The Morgan fingerprint density at radius 1 is 1.06 bits per heavy atom. The molecular weight excluding hydrogens is 390 g/mol. The standard InChI is InChI=1S/C5H11NO.C4H4BrNO2.2ClH.Mn/c1-6-2-4-7-5-3-6;5-6-3(7)1-2-4(6)8;;;/h2-5H2,1H3;1-2H2;2*1H;/q;;;;+2/p-2. The predicted molar refractivity (Wildman–Crippen MR) is 58.3 cm³/mol. The fourth-order valence-corrected chi connectivity index (χ4v) is 1.56. The Balaban J connectivity index is -0.000000215. The van der Waals surface area contributed by atoms with Crippen LogP contribution < -0.4 is 24.8 Å². The van der Waals surface area contributed by atoms with Crippen LogP contribution in [0.15, 0.2) is 0 Å². The van der Waals surface area contributed by atoms with Gasteiger partial charge >= 0.3 is 17.1 Å². The molecule has 2 fully saturated rings. The van der Waals surface area contributed by atoms with Gasteiger partial charge in [0.2, 0.25) is 11.8 Å². The molecule has 2 saturated heterocycles. The molecule has 2 amide bonds. The van der Waals surface area contributed by atoms with E-state index in [-0.39, 0.29) is 53.7 Å². The first-order valence-electron chi connectivity index (χ1n) is 4.89. The van der Waals surface area contributed by atoms with Crippen LogP contribution in [0.25, 0.3) is 0 Å². The van der Waals surface area contributed by atoms with E-state index >= 15 is 0 Å². The number of morpholine rings is 1. The third kappa shape index (κ3) is 8.69. The molecule has 0 aromatic rings. The van der Waals surface area contributed by atoms with Crippen molar-refractivity contribution in [1.82, 2.24) is 8.83 Å². The van der Waals surface area contributed by atoms with E-state index in [4.69, 9.17) is 4.74 Å². The van der Waals surface area contributed by atoms with E-state index in [2.05, 4.69) is 28.1 Å². The first kappa shape index (κ1) is 23.7. The molecule has 0 N–H and O–H groups in total. The summed E-state index contributed by atoms with van der Waals surface area (Å²) in [5, 5.41) is 0. The van der Waals surface area contributed by atoms with Crippen molar-refractivity contribution in [2.24, 2.45) is 0 Å². The number of hydrogen-bond donors (Lipinski definition) is 0. The number of halogens is 3. The topological polar surface area (TPSA) is 49.9 Å². The van der Waals surface area contributed by atoms with Gasteiger partial charge in [0.05, 0.1) is 29.4 Å². The molecule has 0 spiro atoms. The van der Waals surface area contributed by atoms with Gasteiger partial charge in [0.15, 0.2) is 0 Å². The summed E-state index contributed by atoms with van der Waals surface area (Å²) in [6.07, 6.45) is 0.703. The molecule has 5 nitrogen and oxygen atoms in total. The molecule has 0 aromatic carbocycles. The van der Waals surface area contributed by atoms with Gasteiger partial charge in [0.1, 0.15) is 0 Å². The van der Waals surface area contributed by atoms with Crippen molar-refractivity contribution in [3.8, 4) is 0 Å². The number of carbonyl (C=O) groups is 2. The third-order valence-electron chi connectivity index (χ3n) is 2.23. The summed E-state index contributed by atoms with van der Waals surface area (Å²) < 4.78 is 6.08. The van der Waals surface area contributed by atoms with Crippen LogP contribution in [-0.2, 0) is 31.4 Å². The van der Waals surface area contributed by atoms with Crippen LogP contribution >= 0.6 is 16.1 Å². The summed E-state index contributed by atoms with van der Waals surface area (Å²) in [7, 11) is 2.11. The van der Waals surface area contributed by atoms with E-state index < -0.39 is 0 Å². The van der Waals surface area contributed by atoms with Crippen LogP contribution in [0, 0.1) is 0 Å². The summed E-state index contributed by atoms with van der Waals surface area (Å²) in [4.78, 5) is 23.2. The summed E-state index contributed by atoms with van der Waals surface area (Å²) in [6, 6.07) is 0. The Morgan fingerprint density at radius 2 is 1.44 bits per heavy atom. The number of rotatable bonds is 0. The van der Waals surface area contributed by atoms with E-state index in [0.29, 0.717) is 12.8 Å². The van der Waals surface area contributed by atoms with Gasteiger partial charge < -0.3 is 34.5 Å². The molecule has 0 atom stereocenters. The molecule has 2 aliphatic heterocycles. The van der Waals surface area contributed by atoms with E-state index in [1.165, 1.54) is 0 Å². The van der Waals surface area contributed by atoms with Gasteiger partial charge in [-0.05, 0) is 7.05 Å². The molecular formula is C9H15BrCl2MnN2O3. The van der Waals surface area contributed by atoms with E-state index in [1.54, 1.807) is 0 Å². The van der Waals surface area contributed by atoms with E-state index in [0.717, 1.165) is 30.2 Å². The van der Waals surface area contributed by atoms with Crippen LogP contribution in [-0.4, -0.2) is 54.0 Å². The minimum absolute atomic E-state index is 0. The van der Waals surface area contributed by atoms with Crippen molar-refractivity contribution in [3.05, 3.63) is 0 Å². The number of likely N-dealkylation sites (N-methyl/N-ethyl adjacent to an activating group) is 1. The van der Waals surface area contributed by atoms with Crippen LogP contribution in [0.4, 0.5) is 0 Å². The van der Waals surface area contributed by atoms with Crippen molar-refractivity contribution in [2.75, 3.05) is 33.4 Å². The van der Waals surface area contributed by atoms with Crippen molar-refractivity contribution < 1.29 is 56.2 Å². The largest absolute Gasteiger partial charge is 2.00 e. The predicted octanol–water partition coefficient (Wildman–Crippen LogP) is -5.60. The Bertz CT molecular complexity index is 240. The molecule has 2 rings (SSSR count). The average Bonchev–Trinajstić information content (AvgIpc) is 2.52. The first-order chi connectivity index (χ1) is 7.11. The SMILES string of the molecule is CN1CCOCC1.O=C1CCC(=O)N1Br.[Cl-].[Cl-].[Mn+2]. The second-order valence-corrected chi connectivity index (χ2v) is 4.19. The summed E-state index contributed by atoms with van der Waals surface area (Å²) >= 11 is 2.80. The fraction of sp³-hybridized carbons (Fsp3) is 0.778. The Morgan fingerprint density at radius 3 is 1.61 bits per heavy atom. The molecule has 107 valence electrons. The maximum absolute atomic E-state index is 10.4. The molecule has 9 heteroatoms. The molecule has 0 saturated carbocycles. The Hall–Kier alpha value is 0.639. The molecule has 0 unspecified atom stereocenters. The number of ether oxygens (including phenoxy) is 1. The normalized spacial score (nSPS) is 18.9. The Kier molecular flexibility index (Phi) is 16.7. The fourth-order valence-electron chi connectivity index (χ4n) is 1.20. The molecule has 0 aliphatic carbocycles. The number of nitrogens with zero attached hydrogens (tertiary/aromatic N) is 2. The van der Waals surface area contributed by atoms with Gasteiger partial charge in [-0.25, -0.2) is 3.93 Å². The summed E-state index contributed by atoms with van der Waals surface area (Å²) in [5.74, 6) is -0.287. The average molecular weight is 405 g/mol. The van der Waals surface area contributed by atoms with Gasteiger partial charge in [0.25, 0.3) is 0 Å². The van der Waals surface area contributed by atoms with Crippen LogP contribution in [0.1, 0.15) is 12.8 Å². The van der Waals surface area contributed by atoms with Gasteiger partial charge in [-0.3, -0.25) is 9.59 Å². The van der Waals surface area contributed by atoms with Crippen molar-refractivity contribution in [2.45, 2.75) is 12.8 Å². The zero-order valence-electron chi connectivity index (χ0n) is 9.87. The summed E-state index contributed by atoms with van der Waals surface area (Å²) in [5.41, 5.74) is 0. The minimum atomic E-state index is -0.144.